The summed E-state index contributed by atoms with van der Waals surface area (Å²) in [6, 6.07) is 7.31. The maximum absolute atomic E-state index is 13.6. The van der Waals surface area contributed by atoms with Crippen molar-refractivity contribution in [1.82, 2.24) is 15.1 Å². The number of likely N-dealkylation sites (N-methyl/N-ethyl adjacent to an activating group) is 1. The lowest BCUT2D eigenvalue weighted by atomic mass is 9.64. The van der Waals surface area contributed by atoms with Gasteiger partial charge in [-0.3, -0.25) is 19.3 Å². The third-order valence-corrected chi connectivity index (χ3v) is 7.03. The molecular weight excluding hydrogens is 501 g/mol. The van der Waals surface area contributed by atoms with Crippen LogP contribution < -0.4 is 9.97 Å². The highest BCUT2D eigenvalue weighted by atomic mass is 35.5. The molecule has 0 bridgehead atoms. The lowest BCUT2D eigenvalue weighted by Gasteiger charge is -2.33. The van der Waals surface area contributed by atoms with Crippen LogP contribution in [0.5, 0.6) is 11.5 Å². The SMILES string of the molecule is CCN1CCN(C(=O)NC(C(=O)C[C@H]2Cc3cccc(C)c3OB2O)c2ccc(O)cc2Cl)C(=O)C1=O. The number of carbonyl (C=O) groups is 4. The van der Waals surface area contributed by atoms with Crippen LogP contribution in [-0.4, -0.2) is 70.3 Å². The Hall–Kier alpha value is -3.57. The lowest BCUT2D eigenvalue weighted by molar-refractivity contribution is -0.153. The van der Waals surface area contributed by atoms with E-state index in [1.54, 1.807) is 6.92 Å². The Kier molecular flexibility index (Phi) is 7.75. The van der Waals surface area contributed by atoms with E-state index >= 15 is 0 Å². The van der Waals surface area contributed by atoms with Gasteiger partial charge in [-0.1, -0.05) is 35.9 Å². The van der Waals surface area contributed by atoms with Crippen molar-refractivity contribution in [2.75, 3.05) is 19.6 Å². The normalized spacial score (nSPS) is 18.3. The van der Waals surface area contributed by atoms with Crippen LogP contribution in [0.3, 0.4) is 0 Å². The lowest BCUT2D eigenvalue weighted by Crippen LogP contribution is -2.58. The van der Waals surface area contributed by atoms with Crippen molar-refractivity contribution in [3.63, 3.8) is 0 Å². The largest absolute Gasteiger partial charge is 0.536 e. The minimum Gasteiger partial charge on any atom is -0.536 e. The number of hydrogen-bond acceptors (Lipinski definition) is 7. The fraction of sp³-hybridized carbons (Fsp3) is 0.360. The van der Waals surface area contributed by atoms with Gasteiger partial charge in [0.05, 0.1) is 0 Å². The molecule has 2 heterocycles. The number of benzene rings is 2. The summed E-state index contributed by atoms with van der Waals surface area (Å²) >= 11 is 6.30. The molecule has 1 unspecified atom stereocenters. The van der Waals surface area contributed by atoms with E-state index in [0.29, 0.717) is 18.7 Å². The number of halogens is 1. The van der Waals surface area contributed by atoms with E-state index in [2.05, 4.69) is 5.32 Å². The molecule has 0 aromatic heterocycles. The van der Waals surface area contributed by atoms with Gasteiger partial charge in [-0.15, -0.1) is 0 Å². The second kappa shape index (κ2) is 10.8. The predicted molar refractivity (Wildman–Crippen MR) is 135 cm³/mol. The van der Waals surface area contributed by atoms with Crippen molar-refractivity contribution in [2.24, 2.45) is 0 Å². The first-order valence-corrected chi connectivity index (χ1v) is 12.3. The van der Waals surface area contributed by atoms with Gasteiger partial charge in [0.25, 0.3) is 0 Å². The fourth-order valence-electron chi connectivity index (χ4n) is 4.65. The second-order valence-corrected chi connectivity index (χ2v) is 9.54. The topological polar surface area (TPSA) is 136 Å². The zero-order valence-electron chi connectivity index (χ0n) is 20.4. The van der Waals surface area contributed by atoms with Gasteiger partial charge in [-0.25, -0.2) is 4.79 Å². The molecule has 194 valence electrons. The van der Waals surface area contributed by atoms with E-state index in [4.69, 9.17) is 16.3 Å². The van der Waals surface area contributed by atoms with Crippen LogP contribution in [0, 0.1) is 6.92 Å². The van der Waals surface area contributed by atoms with E-state index in [1.165, 1.54) is 23.1 Å². The summed E-state index contributed by atoms with van der Waals surface area (Å²) in [5, 5.41) is 22.9. The molecule has 0 spiro atoms. The van der Waals surface area contributed by atoms with Gasteiger partial charge in [0.1, 0.15) is 17.5 Å². The maximum atomic E-state index is 13.6. The quantitative estimate of drug-likeness (QED) is 0.387. The molecule has 4 rings (SSSR count). The van der Waals surface area contributed by atoms with Gasteiger partial charge in [-0.05, 0) is 43.5 Å². The molecule has 0 radical (unpaired) electrons. The van der Waals surface area contributed by atoms with E-state index in [1.807, 2.05) is 25.1 Å². The van der Waals surface area contributed by atoms with Crippen molar-refractivity contribution in [2.45, 2.75) is 38.5 Å². The molecule has 0 aliphatic carbocycles. The number of nitrogens with one attached hydrogen (secondary N) is 1. The Morgan fingerprint density at radius 3 is 2.68 bits per heavy atom. The third kappa shape index (κ3) is 5.42. The number of rotatable bonds is 6. The Bertz CT molecular complexity index is 1260. The van der Waals surface area contributed by atoms with Crippen molar-refractivity contribution < 1.29 is 34.0 Å². The summed E-state index contributed by atoms with van der Waals surface area (Å²) in [6.45, 7) is 4.07. The molecule has 2 atom stereocenters. The molecule has 37 heavy (non-hydrogen) atoms. The predicted octanol–water partition coefficient (Wildman–Crippen LogP) is 2.24. The number of nitrogens with zero attached hydrogens (tertiary/aromatic N) is 2. The fourth-order valence-corrected chi connectivity index (χ4v) is 4.93. The number of Topliss-reactive ketones (excluding diaryl/α,β-unsaturated/α-hetero) is 1. The van der Waals surface area contributed by atoms with Crippen molar-refractivity contribution in [3.8, 4) is 11.5 Å². The van der Waals surface area contributed by atoms with Crippen LogP contribution in [0.15, 0.2) is 36.4 Å². The number of ketones is 1. The number of carbonyl (C=O) groups excluding carboxylic acids is 4. The number of amides is 4. The van der Waals surface area contributed by atoms with Gasteiger partial charge in [-0.2, -0.15) is 0 Å². The molecule has 2 aliphatic heterocycles. The van der Waals surface area contributed by atoms with Crippen LogP contribution in [0.4, 0.5) is 4.79 Å². The van der Waals surface area contributed by atoms with E-state index < -0.39 is 42.6 Å². The van der Waals surface area contributed by atoms with E-state index in [-0.39, 0.29) is 35.8 Å². The maximum Gasteiger partial charge on any atom is 0.526 e. The van der Waals surface area contributed by atoms with Crippen LogP contribution >= 0.6 is 11.6 Å². The molecule has 1 saturated heterocycles. The highest BCUT2D eigenvalue weighted by Gasteiger charge is 2.40. The number of aromatic hydroxyl groups is 1. The number of aryl methyl sites for hydroxylation is 1. The highest BCUT2D eigenvalue weighted by molar-refractivity contribution is 6.47. The number of fused-ring (bicyclic) bond motifs is 1. The van der Waals surface area contributed by atoms with Crippen molar-refractivity contribution >= 4 is 42.3 Å². The summed E-state index contributed by atoms with van der Waals surface area (Å²) in [5.41, 5.74) is 1.92. The highest BCUT2D eigenvalue weighted by Crippen LogP contribution is 2.37. The average Bonchev–Trinajstić information content (AvgIpc) is 2.85. The molecule has 3 N–H and O–H groups in total. The van der Waals surface area contributed by atoms with Crippen LogP contribution in [0.2, 0.25) is 10.8 Å². The van der Waals surface area contributed by atoms with Crippen LogP contribution in [-0.2, 0) is 20.8 Å². The molecule has 2 aromatic carbocycles. The molecule has 4 amide bonds. The molecule has 12 heteroatoms. The Labute approximate surface area is 219 Å². The zero-order chi connectivity index (χ0) is 26.9. The molecule has 2 aromatic rings. The summed E-state index contributed by atoms with van der Waals surface area (Å²) in [4.78, 5) is 53.5. The third-order valence-electron chi connectivity index (χ3n) is 6.70. The number of imide groups is 1. The van der Waals surface area contributed by atoms with Crippen LogP contribution in [0.25, 0.3) is 0 Å². The number of phenols is 1. The summed E-state index contributed by atoms with van der Waals surface area (Å²) < 4.78 is 5.69. The second-order valence-electron chi connectivity index (χ2n) is 9.14. The van der Waals surface area contributed by atoms with Gasteiger partial charge < -0.3 is 25.0 Å². The van der Waals surface area contributed by atoms with Crippen molar-refractivity contribution in [1.29, 1.82) is 0 Å². The zero-order valence-corrected chi connectivity index (χ0v) is 21.2. The summed E-state index contributed by atoms with van der Waals surface area (Å²) in [5.74, 6) is -2.43. The first-order chi connectivity index (χ1) is 17.6. The first kappa shape index (κ1) is 26.5. The van der Waals surface area contributed by atoms with Crippen molar-refractivity contribution in [3.05, 3.63) is 58.1 Å². The Morgan fingerprint density at radius 1 is 1.22 bits per heavy atom. The number of hydrogen-bond donors (Lipinski definition) is 3. The van der Waals surface area contributed by atoms with Gasteiger partial charge in [0, 0.05) is 42.5 Å². The molecule has 10 nitrogen and oxygen atoms in total. The molecule has 1 fully saturated rings. The van der Waals surface area contributed by atoms with Crippen LogP contribution in [0.1, 0.15) is 36.1 Å². The van der Waals surface area contributed by atoms with E-state index in [0.717, 1.165) is 16.0 Å². The first-order valence-electron chi connectivity index (χ1n) is 12.0. The molecular formula is C25H27BClN3O7. The Morgan fingerprint density at radius 2 is 1.97 bits per heavy atom. The number of piperazine rings is 1. The van der Waals surface area contributed by atoms with Gasteiger partial charge in [0.2, 0.25) is 0 Å². The number of urea groups is 1. The standard InChI is InChI=1S/C25H27BClN3O7/c1-3-29-9-10-30(24(34)23(29)33)25(35)28-21(18-8-7-17(31)13-19(18)27)20(32)12-16-11-15-6-4-5-14(2)22(15)37-26(16)36/h4-8,13,16,21,31,36H,3,9-12H2,1-2H3,(H,28,35)/t16-,21?/m1/s1. The molecule has 0 saturated carbocycles. The van der Waals surface area contributed by atoms with Gasteiger partial charge >= 0.3 is 25.0 Å². The number of phenolic OH excluding ortho intramolecular Hbond substituents is 1. The Balaban J connectivity index is 1.57. The summed E-state index contributed by atoms with van der Waals surface area (Å²) in [7, 11) is -1.24. The summed E-state index contributed by atoms with van der Waals surface area (Å²) in [6.07, 6.45) is 0.201. The molecule has 2 aliphatic rings. The monoisotopic (exact) mass is 527 g/mol. The average molecular weight is 528 g/mol. The van der Waals surface area contributed by atoms with E-state index in [9.17, 15) is 29.3 Å². The van der Waals surface area contributed by atoms with Gasteiger partial charge in [0.15, 0.2) is 5.78 Å². The minimum atomic E-state index is -1.31. The smallest absolute Gasteiger partial charge is 0.526 e. The number of para-hydroxylation sites is 1. The minimum absolute atomic E-state index is 0.0262.